The first kappa shape index (κ1) is 14.8. The second-order valence-electron chi connectivity index (χ2n) is 6.05. The van der Waals surface area contributed by atoms with E-state index < -0.39 is 0 Å². The Bertz CT molecular complexity index is 534. The standard InChI is InChI=1S/C16H22ClN3O/c1-2-12-8-11(9-15(17)18-12)16(21)19-13-5-7-20-6-3-4-14(20)10-13/h8-9,13-14H,2-7,10H2,1H3,(H,19,21). The lowest BCUT2D eigenvalue weighted by atomic mass is 9.97. The quantitative estimate of drug-likeness (QED) is 0.873. The molecule has 3 heterocycles. The number of fused-ring (bicyclic) bond motifs is 1. The minimum atomic E-state index is -0.0227. The molecule has 0 bridgehead atoms. The molecule has 4 nitrogen and oxygen atoms in total. The number of amides is 1. The summed E-state index contributed by atoms with van der Waals surface area (Å²) in [5, 5.41) is 3.57. The van der Waals surface area contributed by atoms with Gasteiger partial charge >= 0.3 is 0 Å². The van der Waals surface area contributed by atoms with E-state index in [9.17, 15) is 4.79 Å². The van der Waals surface area contributed by atoms with Crippen molar-refractivity contribution in [2.75, 3.05) is 13.1 Å². The van der Waals surface area contributed by atoms with Gasteiger partial charge in [0.2, 0.25) is 0 Å². The molecule has 0 aliphatic carbocycles. The number of hydrogen-bond donors (Lipinski definition) is 1. The molecule has 0 spiro atoms. The first-order valence-corrected chi connectivity index (χ1v) is 8.25. The molecule has 1 amide bonds. The fourth-order valence-corrected chi connectivity index (χ4v) is 3.71. The van der Waals surface area contributed by atoms with Crippen molar-refractivity contribution < 1.29 is 4.79 Å². The fraction of sp³-hybridized carbons (Fsp3) is 0.625. The lowest BCUT2D eigenvalue weighted by Crippen LogP contribution is -2.47. The molecule has 0 saturated carbocycles. The molecule has 2 aliphatic heterocycles. The van der Waals surface area contributed by atoms with Gasteiger partial charge in [-0.05, 0) is 50.8 Å². The molecule has 1 N–H and O–H groups in total. The summed E-state index contributed by atoms with van der Waals surface area (Å²) in [6.45, 7) is 4.34. The number of carbonyl (C=O) groups is 1. The second kappa shape index (κ2) is 6.32. The van der Waals surface area contributed by atoms with Crippen molar-refractivity contribution in [1.82, 2.24) is 15.2 Å². The molecule has 1 aromatic rings. The molecule has 114 valence electrons. The number of nitrogens with zero attached hydrogens (tertiary/aromatic N) is 2. The van der Waals surface area contributed by atoms with Crippen LogP contribution in [0, 0.1) is 0 Å². The van der Waals surface area contributed by atoms with E-state index >= 15 is 0 Å². The first-order chi connectivity index (χ1) is 10.2. The molecule has 0 radical (unpaired) electrons. The summed E-state index contributed by atoms with van der Waals surface area (Å²) in [6, 6.07) is 4.44. The maximum atomic E-state index is 12.4. The summed E-state index contributed by atoms with van der Waals surface area (Å²) in [4.78, 5) is 19.2. The Labute approximate surface area is 130 Å². The van der Waals surface area contributed by atoms with Crippen LogP contribution < -0.4 is 5.32 Å². The van der Waals surface area contributed by atoms with Crippen LogP contribution in [-0.4, -0.2) is 41.0 Å². The van der Waals surface area contributed by atoms with E-state index in [0.29, 0.717) is 16.8 Å². The van der Waals surface area contributed by atoms with Crippen LogP contribution in [0.5, 0.6) is 0 Å². The van der Waals surface area contributed by atoms with Gasteiger partial charge in [-0.1, -0.05) is 18.5 Å². The highest BCUT2D eigenvalue weighted by atomic mass is 35.5. The van der Waals surface area contributed by atoms with Crippen LogP contribution >= 0.6 is 11.6 Å². The first-order valence-electron chi connectivity index (χ1n) is 7.87. The average Bonchev–Trinajstić information content (AvgIpc) is 2.94. The third kappa shape index (κ3) is 3.38. The number of pyridine rings is 1. The van der Waals surface area contributed by atoms with Crippen molar-refractivity contribution in [2.24, 2.45) is 0 Å². The molecule has 0 aromatic carbocycles. The van der Waals surface area contributed by atoms with Gasteiger partial charge in [-0.25, -0.2) is 4.98 Å². The zero-order valence-electron chi connectivity index (χ0n) is 12.4. The van der Waals surface area contributed by atoms with E-state index in [2.05, 4.69) is 15.2 Å². The average molecular weight is 308 g/mol. The highest BCUT2D eigenvalue weighted by Gasteiger charge is 2.32. The van der Waals surface area contributed by atoms with Gasteiger partial charge < -0.3 is 10.2 Å². The van der Waals surface area contributed by atoms with Gasteiger partial charge in [0.25, 0.3) is 5.91 Å². The van der Waals surface area contributed by atoms with Crippen molar-refractivity contribution in [3.05, 3.63) is 28.5 Å². The summed E-state index contributed by atoms with van der Waals surface area (Å²) < 4.78 is 0. The van der Waals surface area contributed by atoms with Crippen LogP contribution in [0.1, 0.15) is 48.7 Å². The van der Waals surface area contributed by atoms with Crippen LogP contribution in [0.25, 0.3) is 0 Å². The molecule has 1 aromatic heterocycles. The molecule has 21 heavy (non-hydrogen) atoms. The van der Waals surface area contributed by atoms with Crippen LogP contribution in [0.15, 0.2) is 12.1 Å². The number of aryl methyl sites for hydroxylation is 1. The predicted molar refractivity (Wildman–Crippen MR) is 83.7 cm³/mol. The molecule has 2 atom stereocenters. The van der Waals surface area contributed by atoms with Crippen LogP contribution in [0.2, 0.25) is 5.15 Å². The highest BCUT2D eigenvalue weighted by molar-refractivity contribution is 6.29. The summed E-state index contributed by atoms with van der Waals surface area (Å²) in [7, 11) is 0. The van der Waals surface area contributed by atoms with Crippen LogP contribution in [0.3, 0.4) is 0 Å². The number of rotatable bonds is 3. The molecular formula is C16H22ClN3O. The van der Waals surface area contributed by atoms with E-state index in [1.165, 1.54) is 19.4 Å². The van der Waals surface area contributed by atoms with E-state index in [0.717, 1.165) is 31.5 Å². The third-order valence-corrected chi connectivity index (χ3v) is 4.82. The Morgan fingerprint density at radius 1 is 1.43 bits per heavy atom. The molecular weight excluding hydrogens is 286 g/mol. The van der Waals surface area contributed by atoms with E-state index in [4.69, 9.17) is 11.6 Å². The molecule has 2 aliphatic rings. The van der Waals surface area contributed by atoms with Gasteiger partial charge in [0.1, 0.15) is 5.15 Å². The number of carbonyl (C=O) groups excluding carboxylic acids is 1. The maximum Gasteiger partial charge on any atom is 0.251 e. The number of piperidine rings is 1. The number of nitrogens with one attached hydrogen (secondary N) is 1. The van der Waals surface area contributed by atoms with Crippen molar-refractivity contribution in [3.8, 4) is 0 Å². The number of aromatic nitrogens is 1. The van der Waals surface area contributed by atoms with Crippen molar-refractivity contribution >= 4 is 17.5 Å². The van der Waals surface area contributed by atoms with Gasteiger partial charge in [0.05, 0.1) is 0 Å². The van der Waals surface area contributed by atoms with Crippen LogP contribution in [-0.2, 0) is 6.42 Å². The summed E-state index contributed by atoms with van der Waals surface area (Å²) >= 11 is 5.99. The Morgan fingerprint density at radius 2 is 2.29 bits per heavy atom. The molecule has 2 fully saturated rings. The Hall–Kier alpha value is -1.13. The summed E-state index contributed by atoms with van der Waals surface area (Å²) in [5.41, 5.74) is 1.49. The largest absolute Gasteiger partial charge is 0.349 e. The van der Waals surface area contributed by atoms with Crippen molar-refractivity contribution in [1.29, 1.82) is 0 Å². The minimum absolute atomic E-state index is 0.0227. The monoisotopic (exact) mass is 307 g/mol. The van der Waals surface area contributed by atoms with Gasteiger partial charge in [-0.15, -0.1) is 0 Å². The Balaban J connectivity index is 1.65. The van der Waals surface area contributed by atoms with E-state index in [-0.39, 0.29) is 11.9 Å². The fourth-order valence-electron chi connectivity index (χ4n) is 3.49. The summed E-state index contributed by atoms with van der Waals surface area (Å²) in [6.07, 6.45) is 5.47. The smallest absolute Gasteiger partial charge is 0.251 e. The van der Waals surface area contributed by atoms with Crippen molar-refractivity contribution in [2.45, 2.75) is 51.1 Å². The molecule has 5 heteroatoms. The minimum Gasteiger partial charge on any atom is -0.349 e. The Kier molecular flexibility index (Phi) is 4.45. The number of halogens is 1. The maximum absolute atomic E-state index is 12.4. The van der Waals surface area contributed by atoms with Gasteiger partial charge in [0.15, 0.2) is 0 Å². The van der Waals surface area contributed by atoms with Gasteiger partial charge in [-0.3, -0.25) is 4.79 Å². The van der Waals surface area contributed by atoms with E-state index in [1.54, 1.807) is 6.07 Å². The molecule has 2 unspecified atom stereocenters. The van der Waals surface area contributed by atoms with Gasteiger partial charge in [-0.2, -0.15) is 0 Å². The van der Waals surface area contributed by atoms with Crippen LogP contribution in [0.4, 0.5) is 0 Å². The lowest BCUT2D eigenvalue weighted by Gasteiger charge is -2.35. The normalized spacial score (nSPS) is 25.6. The predicted octanol–water partition coefficient (Wildman–Crippen LogP) is 2.65. The number of hydrogen-bond acceptors (Lipinski definition) is 3. The Morgan fingerprint density at radius 3 is 3.10 bits per heavy atom. The second-order valence-corrected chi connectivity index (χ2v) is 6.44. The highest BCUT2D eigenvalue weighted by Crippen LogP contribution is 2.27. The molecule has 3 rings (SSSR count). The lowest BCUT2D eigenvalue weighted by molar-refractivity contribution is 0.0896. The third-order valence-electron chi connectivity index (χ3n) is 4.63. The van der Waals surface area contributed by atoms with E-state index in [1.807, 2.05) is 13.0 Å². The molecule has 2 saturated heterocycles. The SMILES string of the molecule is CCc1cc(C(=O)NC2CCN3CCCC3C2)cc(Cl)n1. The topological polar surface area (TPSA) is 45.2 Å². The zero-order chi connectivity index (χ0) is 14.8. The zero-order valence-corrected chi connectivity index (χ0v) is 13.2. The van der Waals surface area contributed by atoms with Crippen molar-refractivity contribution in [3.63, 3.8) is 0 Å². The van der Waals surface area contributed by atoms with Gasteiger partial charge in [0, 0.05) is 29.9 Å². The summed E-state index contributed by atoms with van der Waals surface area (Å²) in [5.74, 6) is -0.0227.